The van der Waals surface area contributed by atoms with Crippen molar-refractivity contribution in [1.82, 2.24) is 10.6 Å². The van der Waals surface area contributed by atoms with Crippen molar-refractivity contribution in [2.75, 3.05) is 13.1 Å². The standard InChI is InChI=1S/C12H16F2N2O2/c13-11(14)7-16-12(18)15-6-5-9-1-3-10(8-17)4-2-9/h1-4,11,17H,5-8H2,(H2,15,16,18). The Hall–Kier alpha value is -1.69. The van der Waals surface area contributed by atoms with Crippen molar-refractivity contribution in [3.63, 3.8) is 0 Å². The predicted molar refractivity (Wildman–Crippen MR) is 63.5 cm³/mol. The molecule has 18 heavy (non-hydrogen) atoms. The maximum absolute atomic E-state index is 11.8. The van der Waals surface area contributed by atoms with E-state index in [0.717, 1.165) is 11.1 Å². The first kappa shape index (κ1) is 14.4. The Bertz CT molecular complexity index is 369. The van der Waals surface area contributed by atoms with E-state index in [4.69, 9.17) is 5.11 Å². The van der Waals surface area contributed by atoms with Crippen LogP contribution in [0.3, 0.4) is 0 Å². The lowest BCUT2D eigenvalue weighted by Gasteiger charge is -2.07. The van der Waals surface area contributed by atoms with Gasteiger partial charge in [-0.1, -0.05) is 24.3 Å². The van der Waals surface area contributed by atoms with Crippen molar-refractivity contribution in [1.29, 1.82) is 0 Å². The number of hydrogen-bond acceptors (Lipinski definition) is 2. The molecule has 0 fully saturated rings. The highest BCUT2D eigenvalue weighted by Crippen LogP contribution is 2.04. The van der Waals surface area contributed by atoms with Gasteiger partial charge in [-0.15, -0.1) is 0 Å². The summed E-state index contributed by atoms with van der Waals surface area (Å²) in [4.78, 5) is 11.0. The Labute approximate surface area is 104 Å². The number of carbonyl (C=O) groups is 1. The molecule has 1 aromatic carbocycles. The molecule has 1 rings (SSSR count). The Morgan fingerprint density at radius 1 is 1.17 bits per heavy atom. The number of urea groups is 1. The summed E-state index contributed by atoms with van der Waals surface area (Å²) in [5.74, 6) is 0. The summed E-state index contributed by atoms with van der Waals surface area (Å²) < 4.78 is 23.6. The van der Waals surface area contributed by atoms with Crippen LogP contribution in [0, 0.1) is 0 Å². The van der Waals surface area contributed by atoms with Crippen LogP contribution < -0.4 is 10.6 Å². The van der Waals surface area contributed by atoms with Gasteiger partial charge in [0.15, 0.2) is 0 Å². The molecule has 0 aromatic heterocycles. The van der Waals surface area contributed by atoms with E-state index >= 15 is 0 Å². The largest absolute Gasteiger partial charge is 0.392 e. The maximum atomic E-state index is 11.8. The van der Waals surface area contributed by atoms with Crippen molar-refractivity contribution in [3.8, 4) is 0 Å². The molecule has 0 heterocycles. The smallest absolute Gasteiger partial charge is 0.314 e. The van der Waals surface area contributed by atoms with Crippen molar-refractivity contribution in [2.24, 2.45) is 0 Å². The van der Waals surface area contributed by atoms with Crippen LogP contribution in [0.5, 0.6) is 0 Å². The number of nitrogens with one attached hydrogen (secondary N) is 2. The lowest BCUT2D eigenvalue weighted by atomic mass is 10.1. The van der Waals surface area contributed by atoms with Gasteiger partial charge in [0.25, 0.3) is 6.43 Å². The Kier molecular flexibility index (Phi) is 6.07. The van der Waals surface area contributed by atoms with Crippen LogP contribution in [0.1, 0.15) is 11.1 Å². The number of carbonyl (C=O) groups excluding carboxylic acids is 1. The number of halogens is 2. The molecule has 0 bridgehead atoms. The van der Waals surface area contributed by atoms with Gasteiger partial charge in [-0.2, -0.15) is 0 Å². The van der Waals surface area contributed by atoms with Crippen LogP contribution in [0.15, 0.2) is 24.3 Å². The fourth-order valence-electron chi connectivity index (χ4n) is 1.36. The summed E-state index contributed by atoms with van der Waals surface area (Å²) >= 11 is 0. The fraction of sp³-hybridized carbons (Fsp3) is 0.417. The van der Waals surface area contributed by atoms with Gasteiger partial charge in [0.05, 0.1) is 13.2 Å². The van der Waals surface area contributed by atoms with Gasteiger partial charge in [0.2, 0.25) is 0 Å². The fourth-order valence-corrected chi connectivity index (χ4v) is 1.36. The minimum atomic E-state index is -2.54. The molecular formula is C12H16F2N2O2. The molecule has 0 saturated carbocycles. The van der Waals surface area contributed by atoms with Crippen molar-refractivity contribution >= 4 is 6.03 Å². The number of aliphatic hydroxyl groups excluding tert-OH is 1. The average molecular weight is 258 g/mol. The summed E-state index contributed by atoms with van der Waals surface area (Å²) in [5.41, 5.74) is 1.82. The van der Waals surface area contributed by atoms with Crippen LogP contribution in [-0.2, 0) is 13.0 Å². The zero-order chi connectivity index (χ0) is 13.4. The normalized spacial score (nSPS) is 10.4. The molecule has 0 radical (unpaired) electrons. The van der Waals surface area contributed by atoms with E-state index < -0.39 is 19.0 Å². The van der Waals surface area contributed by atoms with Crippen LogP contribution in [0.2, 0.25) is 0 Å². The molecule has 2 amide bonds. The van der Waals surface area contributed by atoms with Gasteiger partial charge in [-0.25, -0.2) is 13.6 Å². The van der Waals surface area contributed by atoms with E-state index in [2.05, 4.69) is 10.6 Å². The predicted octanol–water partition coefficient (Wildman–Crippen LogP) is 1.29. The van der Waals surface area contributed by atoms with E-state index in [9.17, 15) is 13.6 Å². The van der Waals surface area contributed by atoms with Crippen molar-refractivity contribution < 1.29 is 18.7 Å². The molecule has 0 unspecified atom stereocenters. The molecule has 0 atom stereocenters. The number of alkyl halides is 2. The Morgan fingerprint density at radius 2 is 1.78 bits per heavy atom. The minimum absolute atomic E-state index is 0.00539. The molecule has 0 saturated heterocycles. The van der Waals surface area contributed by atoms with Gasteiger partial charge >= 0.3 is 6.03 Å². The topological polar surface area (TPSA) is 61.4 Å². The third-order valence-corrected chi connectivity index (χ3v) is 2.32. The lowest BCUT2D eigenvalue weighted by molar-refractivity contribution is 0.146. The highest BCUT2D eigenvalue weighted by molar-refractivity contribution is 5.73. The molecule has 4 nitrogen and oxygen atoms in total. The van der Waals surface area contributed by atoms with E-state index in [-0.39, 0.29) is 6.61 Å². The Morgan fingerprint density at radius 3 is 2.33 bits per heavy atom. The van der Waals surface area contributed by atoms with Crippen molar-refractivity contribution in [3.05, 3.63) is 35.4 Å². The number of aliphatic hydroxyl groups is 1. The van der Waals surface area contributed by atoms with E-state index in [0.29, 0.717) is 13.0 Å². The SMILES string of the molecule is O=C(NCCc1ccc(CO)cc1)NCC(F)F. The Balaban J connectivity index is 2.22. The third kappa shape index (κ3) is 5.58. The van der Waals surface area contributed by atoms with E-state index in [1.54, 1.807) is 12.1 Å². The summed E-state index contributed by atoms with van der Waals surface area (Å²) in [5, 5.41) is 13.4. The number of hydrogen-bond donors (Lipinski definition) is 3. The molecule has 0 spiro atoms. The number of amides is 2. The second-order valence-corrected chi connectivity index (χ2v) is 3.75. The molecule has 0 aliphatic rings. The molecule has 0 aliphatic heterocycles. The van der Waals surface area contributed by atoms with Gasteiger partial charge in [-0.05, 0) is 17.5 Å². The molecule has 100 valence electrons. The van der Waals surface area contributed by atoms with E-state index in [1.165, 1.54) is 0 Å². The lowest BCUT2D eigenvalue weighted by Crippen LogP contribution is -2.38. The molecule has 1 aromatic rings. The quantitative estimate of drug-likeness (QED) is 0.720. The number of benzene rings is 1. The maximum Gasteiger partial charge on any atom is 0.314 e. The highest BCUT2D eigenvalue weighted by atomic mass is 19.3. The van der Waals surface area contributed by atoms with Crippen LogP contribution in [0.4, 0.5) is 13.6 Å². The molecular weight excluding hydrogens is 242 g/mol. The van der Waals surface area contributed by atoms with E-state index in [1.807, 2.05) is 12.1 Å². The zero-order valence-corrected chi connectivity index (χ0v) is 9.83. The van der Waals surface area contributed by atoms with Crippen molar-refractivity contribution in [2.45, 2.75) is 19.5 Å². The summed E-state index contributed by atoms with van der Waals surface area (Å²) in [6.45, 7) is -0.279. The first-order valence-corrected chi connectivity index (χ1v) is 5.60. The van der Waals surface area contributed by atoms with Gasteiger partial charge < -0.3 is 15.7 Å². The summed E-state index contributed by atoms with van der Waals surface area (Å²) in [6.07, 6.45) is -1.94. The molecule has 3 N–H and O–H groups in total. The zero-order valence-electron chi connectivity index (χ0n) is 9.83. The van der Waals surface area contributed by atoms with Gasteiger partial charge in [0.1, 0.15) is 0 Å². The summed E-state index contributed by atoms with van der Waals surface area (Å²) in [7, 11) is 0. The van der Waals surface area contributed by atoms with Gasteiger partial charge in [0, 0.05) is 6.54 Å². The highest BCUT2D eigenvalue weighted by Gasteiger charge is 2.05. The molecule has 0 aliphatic carbocycles. The first-order valence-electron chi connectivity index (χ1n) is 5.60. The van der Waals surface area contributed by atoms with Crippen LogP contribution in [-0.4, -0.2) is 30.7 Å². The van der Waals surface area contributed by atoms with Crippen LogP contribution >= 0.6 is 0 Å². The third-order valence-electron chi connectivity index (χ3n) is 2.32. The minimum Gasteiger partial charge on any atom is -0.392 e. The van der Waals surface area contributed by atoms with Crippen LogP contribution in [0.25, 0.3) is 0 Å². The monoisotopic (exact) mass is 258 g/mol. The summed E-state index contributed by atoms with van der Waals surface area (Å²) in [6, 6.07) is 6.70. The second kappa shape index (κ2) is 7.60. The molecule has 6 heteroatoms. The second-order valence-electron chi connectivity index (χ2n) is 3.75. The first-order chi connectivity index (χ1) is 8.61. The van der Waals surface area contributed by atoms with Gasteiger partial charge in [-0.3, -0.25) is 0 Å². The average Bonchev–Trinajstić information content (AvgIpc) is 2.37. The number of rotatable bonds is 6.